The van der Waals surface area contributed by atoms with E-state index in [4.69, 9.17) is 19.3 Å². The van der Waals surface area contributed by atoms with E-state index in [2.05, 4.69) is 0 Å². The lowest BCUT2D eigenvalue weighted by molar-refractivity contribution is 0.119. The molecule has 1 saturated carbocycles. The molecule has 1 aliphatic heterocycles. The van der Waals surface area contributed by atoms with Crippen LogP contribution in [0.3, 0.4) is 0 Å². The molecule has 2 aliphatic rings. The van der Waals surface area contributed by atoms with Crippen molar-refractivity contribution in [3.8, 4) is 17.2 Å². The van der Waals surface area contributed by atoms with E-state index >= 15 is 0 Å². The number of nitrogens with zero attached hydrogens (tertiary/aromatic N) is 1. The molecule has 142 valence electrons. The van der Waals surface area contributed by atoms with Crippen molar-refractivity contribution in [1.29, 1.82) is 0 Å². The highest BCUT2D eigenvalue weighted by Crippen LogP contribution is 2.41. The summed E-state index contributed by atoms with van der Waals surface area (Å²) in [6.45, 7) is 1.39. The number of halogens is 1. The van der Waals surface area contributed by atoms with Crippen LogP contribution in [0.1, 0.15) is 24.8 Å². The van der Waals surface area contributed by atoms with Gasteiger partial charge in [0.05, 0.1) is 18.3 Å². The fourth-order valence-electron chi connectivity index (χ4n) is 3.28. The lowest BCUT2D eigenvalue weighted by atomic mass is 9.96. The van der Waals surface area contributed by atoms with Gasteiger partial charge in [0.2, 0.25) is 0 Å². The molecule has 1 fully saturated rings. The second-order valence-electron chi connectivity index (χ2n) is 6.67. The van der Waals surface area contributed by atoms with Gasteiger partial charge in [-0.1, -0.05) is 6.07 Å². The summed E-state index contributed by atoms with van der Waals surface area (Å²) in [4.78, 5) is 12.9. The maximum Gasteiger partial charge on any atom is 0.511 e. The Bertz CT molecular complexity index is 852. The summed E-state index contributed by atoms with van der Waals surface area (Å²) in [5.41, 5.74) is 1.46. The molecule has 0 atom stereocenters. The molecule has 27 heavy (non-hydrogen) atoms. The van der Waals surface area contributed by atoms with Crippen LogP contribution in [-0.4, -0.2) is 30.5 Å². The summed E-state index contributed by atoms with van der Waals surface area (Å²) >= 11 is 0. The quantitative estimate of drug-likeness (QED) is 0.625. The minimum absolute atomic E-state index is 0.148. The van der Waals surface area contributed by atoms with Crippen molar-refractivity contribution in [3.63, 3.8) is 0 Å². The predicted octanol–water partition coefficient (Wildman–Crippen LogP) is 4.21. The van der Waals surface area contributed by atoms with Gasteiger partial charge in [-0.15, -0.1) is 0 Å². The first-order valence-electron chi connectivity index (χ1n) is 8.97. The summed E-state index contributed by atoms with van der Waals surface area (Å²) in [7, 11) is 0. The minimum atomic E-state index is -1.40. The summed E-state index contributed by atoms with van der Waals surface area (Å²) in [5.74, 6) is 0.897. The van der Waals surface area contributed by atoms with Crippen LogP contribution in [0.15, 0.2) is 36.4 Å². The Morgan fingerprint density at radius 3 is 2.85 bits per heavy atom. The van der Waals surface area contributed by atoms with E-state index < -0.39 is 6.16 Å². The van der Waals surface area contributed by atoms with Crippen LogP contribution in [0.5, 0.6) is 17.2 Å². The van der Waals surface area contributed by atoms with Crippen molar-refractivity contribution < 1.29 is 28.5 Å². The highest BCUT2D eigenvalue weighted by molar-refractivity contribution is 5.70. The fraction of sp³-hybridized carbons (Fsp3) is 0.350. The molecule has 0 spiro atoms. The number of hydrogen-bond acceptors (Lipinski definition) is 5. The number of carbonyl (C=O) groups is 1. The molecule has 2 aromatic rings. The second-order valence-corrected chi connectivity index (χ2v) is 6.67. The number of ether oxygens (including phenoxy) is 3. The van der Waals surface area contributed by atoms with Crippen molar-refractivity contribution in [3.05, 3.63) is 47.8 Å². The number of para-hydroxylation sites is 1. The third-order valence-corrected chi connectivity index (χ3v) is 4.83. The number of rotatable bonds is 5. The number of anilines is 1. The van der Waals surface area contributed by atoms with Gasteiger partial charge in [0.15, 0.2) is 11.5 Å². The Kier molecular flexibility index (Phi) is 4.75. The van der Waals surface area contributed by atoms with Gasteiger partial charge >= 0.3 is 6.16 Å². The first-order chi connectivity index (χ1) is 13.1. The van der Waals surface area contributed by atoms with Crippen LogP contribution in [0.2, 0.25) is 0 Å². The van der Waals surface area contributed by atoms with Gasteiger partial charge in [-0.25, -0.2) is 9.18 Å². The largest absolute Gasteiger partial charge is 0.511 e. The van der Waals surface area contributed by atoms with Crippen molar-refractivity contribution in [2.75, 3.05) is 18.1 Å². The molecule has 0 amide bonds. The third-order valence-electron chi connectivity index (χ3n) is 4.83. The molecule has 0 bridgehead atoms. The number of benzene rings is 2. The highest BCUT2D eigenvalue weighted by Gasteiger charge is 2.25. The Morgan fingerprint density at radius 1 is 1.26 bits per heavy atom. The molecule has 0 radical (unpaired) electrons. The maximum atomic E-state index is 13.9. The lowest BCUT2D eigenvalue weighted by Crippen LogP contribution is -2.33. The van der Waals surface area contributed by atoms with Gasteiger partial charge in [-0.3, -0.25) is 0 Å². The van der Waals surface area contributed by atoms with E-state index in [1.54, 1.807) is 18.2 Å². The zero-order valence-electron chi connectivity index (χ0n) is 14.7. The molecule has 4 rings (SSSR count). The molecule has 1 N–H and O–H groups in total. The van der Waals surface area contributed by atoms with E-state index in [9.17, 15) is 9.18 Å². The summed E-state index contributed by atoms with van der Waals surface area (Å²) in [6, 6.07) is 9.65. The van der Waals surface area contributed by atoms with Gasteiger partial charge in [0, 0.05) is 12.1 Å². The third kappa shape index (κ3) is 3.77. The zero-order valence-corrected chi connectivity index (χ0v) is 14.7. The predicted molar refractivity (Wildman–Crippen MR) is 96.3 cm³/mol. The SMILES string of the molecule is O=C(O)Oc1cccc2c1OCCN2Cc1cc(F)ccc1OC1CCC1. The monoisotopic (exact) mass is 373 g/mol. The topological polar surface area (TPSA) is 68.2 Å². The lowest BCUT2D eigenvalue weighted by Gasteiger charge is -2.33. The van der Waals surface area contributed by atoms with Gasteiger partial charge in [0.25, 0.3) is 0 Å². The molecular weight excluding hydrogens is 353 g/mol. The van der Waals surface area contributed by atoms with Gasteiger partial charge in [0.1, 0.15) is 18.2 Å². The van der Waals surface area contributed by atoms with E-state index in [1.807, 2.05) is 11.0 Å². The smallest absolute Gasteiger partial charge is 0.490 e. The van der Waals surface area contributed by atoms with Crippen molar-refractivity contribution in [2.45, 2.75) is 31.9 Å². The van der Waals surface area contributed by atoms with Crippen molar-refractivity contribution in [2.24, 2.45) is 0 Å². The highest BCUT2D eigenvalue weighted by atomic mass is 19.1. The van der Waals surface area contributed by atoms with Crippen LogP contribution in [-0.2, 0) is 6.54 Å². The minimum Gasteiger partial charge on any atom is -0.490 e. The van der Waals surface area contributed by atoms with E-state index in [1.165, 1.54) is 12.1 Å². The summed E-state index contributed by atoms with van der Waals surface area (Å²) in [6.07, 6.45) is 2.00. The van der Waals surface area contributed by atoms with Crippen LogP contribution in [0.4, 0.5) is 14.9 Å². The van der Waals surface area contributed by atoms with Crippen LogP contribution >= 0.6 is 0 Å². The molecule has 0 unspecified atom stereocenters. The normalized spacial score (nSPS) is 16.1. The molecular formula is C20H20FNO5. The van der Waals surface area contributed by atoms with Gasteiger partial charge < -0.3 is 24.2 Å². The van der Waals surface area contributed by atoms with Crippen molar-refractivity contribution >= 4 is 11.8 Å². The molecule has 2 aromatic carbocycles. The fourth-order valence-corrected chi connectivity index (χ4v) is 3.28. The molecule has 6 nitrogen and oxygen atoms in total. The Hall–Kier alpha value is -2.96. The first-order valence-corrected chi connectivity index (χ1v) is 8.97. The number of fused-ring (bicyclic) bond motifs is 1. The van der Waals surface area contributed by atoms with Gasteiger partial charge in [-0.2, -0.15) is 0 Å². The molecule has 0 saturated heterocycles. The number of carboxylic acid groups (broad SMARTS) is 1. The van der Waals surface area contributed by atoms with Crippen LogP contribution in [0.25, 0.3) is 0 Å². The van der Waals surface area contributed by atoms with E-state index in [-0.39, 0.29) is 17.7 Å². The average Bonchev–Trinajstić information content (AvgIpc) is 2.60. The number of hydrogen-bond donors (Lipinski definition) is 1. The van der Waals surface area contributed by atoms with E-state index in [0.717, 1.165) is 24.8 Å². The second kappa shape index (κ2) is 7.34. The molecule has 1 heterocycles. The van der Waals surface area contributed by atoms with Gasteiger partial charge in [-0.05, 0) is 49.6 Å². The van der Waals surface area contributed by atoms with Crippen LogP contribution in [0, 0.1) is 5.82 Å². The van der Waals surface area contributed by atoms with Crippen molar-refractivity contribution in [1.82, 2.24) is 0 Å². The molecule has 0 aromatic heterocycles. The Labute approximate surface area is 156 Å². The summed E-state index contributed by atoms with van der Waals surface area (Å²) < 4.78 is 30.3. The Morgan fingerprint density at radius 2 is 2.11 bits per heavy atom. The molecule has 1 aliphatic carbocycles. The van der Waals surface area contributed by atoms with Crippen LogP contribution < -0.4 is 19.1 Å². The average molecular weight is 373 g/mol. The van der Waals surface area contributed by atoms with E-state index in [0.29, 0.717) is 36.9 Å². The molecule has 7 heteroatoms. The standard InChI is InChI=1S/C20H20FNO5/c21-14-7-8-17(26-15-3-1-4-15)13(11-14)12-22-9-10-25-19-16(22)5-2-6-18(19)27-20(23)24/h2,5-8,11,15H,1,3-4,9-10,12H2,(H,23,24). The maximum absolute atomic E-state index is 13.9. The first kappa shape index (κ1) is 17.5. The summed E-state index contributed by atoms with van der Waals surface area (Å²) in [5, 5.41) is 8.90. The Balaban J connectivity index is 1.61. The zero-order chi connectivity index (χ0) is 18.8.